The lowest BCUT2D eigenvalue weighted by atomic mass is 9.72. The summed E-state index contributed by atoms with van der Waals surface area (Å²) in [7, 11) is 0. The predicted octanol–water partition coefficient (Wildman–Crippen LogP) is 0.640. The van der Waals surface area contributed by atoms with E-state index in [1.807, 2.05) is 0 Å². The van der Waals surface area contributed by atoms with Crippen molar-refractivity contribution in [3.8, 4) is 0 Å². The van der Waals surface area contributed by atoms with Crippen LogP contribution in [0.15, 0.2) is 0 Å². The topological polar surface area (TPSA) is 55.1 Å². The molecule has 1 aliphatic rings. The monoisotopic (exact) mass is 170 g/mol. The van der Waals surface area contributed by atoms with Crippen LogP contribution in [0.3, 0.4) is 0 Å². The van der Waals surface area contributed by atoms with Crippen LogP contribution in [0.1, 0.15) is 33.6 Å². The van der Waals surface area contributed by atoms with Crippen molar-refractivity contribution in [3.05, 3.63) is 0 Å². The smallest absolute Gasteiger partial charge is 0.238 e. The summed E-state index contributed by atoms with van der Waals surface area (Å²) in [6, 6.07) is 0. The highest BCUT2D eigenvalue weighted by atomic mass is 16.1. The molecule has 1 atom stereocenters. The van der Waals surface area contributed by atoms with Crippen molar-refractivity contribution in [3.63, 3.8) is 0 Å². The van der Waals surface area contributed by atoms with E-state index < -0.39 is 5.54 Å². The summed E-state index contributed by atoms with van der Waals surface area (Å²) in [5.41, 5.74) is 4.85. The summed E-state index contributed by atoms with van der Waals surface area (Å²) in [5, 5.41) is 3.23. The molecule has 0 bridgehead atoms. The van der Waals surface area contributed by atoms with E-state index in [0.717, 1.165) is 19.4 Å². The zero-order chi connectivity index (χ0) is 9.41. The van der Waals surface area contributed by atoms with E-state index in [4.69, 9.17) is 5.73 Å². The Balaban J connectivity index is 2.94. The van der Waals surface area contributed by atoms with Gasteiger partial charge in [0.15, 0.2) is 0 Å². The molecule has 1 unspecified atom stereocenters. The first-order valence-electron chi connectivity index (χ1n) is 4.45. The lowest BCUT2D eigenvalue weighted by molar-refractivity contribution is -0.128. The van der Waals surface area contributed by atoms with Gasteiger partial charge in [-0.15, -0.1) is 0 Å². The van der Waals surface area contributed by atoms with E-state index in [-0.39, 0.29) is 11.3 Å². The Bertz CT molecular complexity index is 187. The average molecular weight is 170 g/mol. The molecule has 3 nitrogen and oxygen atoms in total. The van der Waals surface area contributed by atoms with Gasteiger partial charge in [0.25, 0.3) is 0 Å². The normalized spacial score (nSPS) is 30.6. The molecule has 1 saturated heterocycles. The second kappa shape index (κ2) is 2.73. The molecule has 1 amide bonds. The van der Waals surface area contributed by atoms with Crippen LogP contribution < -0.4 is 11.1 Å². The first-order valence-corrected chi connectivity index (χ1v) is 4.45. The fourth-order valence-corrected chi connectivity index (χ4v) is 1.96. The zero-order valence-electron chi connectivity index (χ0n) is 8.11. The van der Waals surface area contributed by atoms with E-state index in [9.17, 15) is 4.79 Å². The summed E-state index contributed by atoms with van der Waals surface area (Å²) in [6.07, 6.45) is 1.91. The highest BCUT2D eigenvalue weighted by molar-refractivity contribution is 5.86. The van der Waals surface area contributed by atoms with Crippen LogP contribution >= 0.6 is 0 Å². The zero-order valence-corrected chi connectivity index (χ0v) is 8.11. The number of hydrogen-bond acceptors (Lipinski definition) is 2. The maximum atomic E-state index is 11.3. The quantitative estimate of drug-likeness (QED) is 0.606. The van der Waals surface area contributed by atoms with Crippen LogP contribution in [0.5, 0.6) is 0 Å². The highest BCUT2D eigenvalue weighted by Gasteiger charge is 2.48. The van der Waals surface area contributed by atoms with E-state index in [1.165, 1.54) is 0 Å². The van der Waals surface area contributed by atoms with Crippen LogP contribution in [-0.4, -0.2) is 18.0 Å². The fraction of sp³-hybridized carbons (Fsp3) is 0.889. The number of hydrogen-bond donors (Lipinski definition) is 2. The maximum absolute atomic E-state index is 11.3. The third kappa shape index (κ3) is 1.22. The molecule has 70 valence electrons. The van der Waals surface area contributed by atoms with Crippen molar-refractivity contribution in [2.45, 2.75) is 39.2 Å². The number of carbonyl (C=O) groups excluding carboxylic acids is 1. The van der Waals surface area contributed by atoms with Crippen LogP contribution in [0.25, 0.3) is 0 Å². The first-order chi connectivity index (χ1) is 5.40. The molecular weight excluding hydrogens is 152 g/mol. The van der Waals surface area contributed by atoms with Gasteiger partial charge < -0.3 is 11.1 Å². The van der Waals surface area contributed by atoms with Crippen molar-refractivity contribution < 1.29 is 4.79 Å². The molecule has 3 heteroatoms. The van der Waals surface area contributed by atoms with Gasteiger partial charge in [-0.2, -0.15) is 0 Å². The van der Waals surface area contributed by atoms with Gasteiger partial charge in [-0.25, -0.2) is 0 Å². The van der Waals surface area contributed by atoms with E-state index in [1.54, 1.807) is 0 Å². The molecule has 1 heterocycles. The molecule has 0 spiro atoms. The van der Waals surface area contributed by atoms with Gasteiger partial charge >= 0.3 is 0 Å². The fourth-order valence-electron chi connectivity index (χ4n) is 1.96. The number of primary amides is 1. The van der Waals surface area contributed by atoms with Crippen molar-refractivity contribution >= 4 is 5.91 Å². The third-order valence-corrected chi connectivity index (χ3v) is 2.86. The van der Waals surface area contributed by atoms with Gasteiger partial charge in [-0.1, -0.05) is 20.8 Å². The van der Waals surface area contributed by atoms with Crippen molar-refractivity contribution in [1.29, 1.82) is 0 Å². The summed E-state index contributed by atoms with van der Waals surface area (Å²) in [5.74, 6) is -0.215. The molecule has 0 aromatic heterocycles. The molecular formula is C9H18N2O. The van der Waals surface area contributed by atoms with Crippen molar-refractivity contribution in [2.75, 3.05) is 6.54 Å². The standard InChI is InChI=1S/C9H18N2O/c1-8(2,3)9(7(10)12)5-4-6-11-9/h11H,4-6H2,1-3H3,(H2,10,12). The van der Waals surface area contributed by atoms with E-state index in [2.05, 4.69) is 26.1 Å². The molecule has 0 saturated carbocycles. The Morgan fingerprint density at radius 2 is 2.08 bits per heavy atom. The van der Waals surface area contributed by atoms with Gasteiger partial charge in [-0.05, 0) is 24.8 Å². The second-order valence-corrected chi connectivity index (χ2v) is 4.55. The maximum Gasteiger partial charge on any atom is 0.238 e. The molecule has 0 aromatic carbocycles. The Kier molecular flexibility index (Phi) is 2.17. The Morgan fingerprint density at radius 3 is 2.25 bits per heavy atom. The predicted molar refractivity (Wildman–Crippen MR) is 48.6 cm³/mol. The summed E-state index contributed by atoms with van der Waals surface area (Å²) in [4.78, 5) is 11.3. The van der Waals surface area contributed by atoms with Gasteiger partial charge in [0.1, 0.15) is 5.54 Å². The minimum absolute atomic E-state index is 0.0880. The van der Waals surface area contributed by atoms with Gasteiger partial charge in [0.2, 0.25) is 5.91 Å². The van der Waals surface area contributed by atoms with Crippen LogP contribution in [0.2, 0.25) is 0 Å². The minimum atomic E-state index is -0.479. The molecule has 1 rings (SSSR count). The molecule has 0 aromatic rings. The van der Waals surface area contributed by atoms with Crippen LogP contribution in [0.4, 0.5) is 0 Å². The van der Waals surface area contributed by atoms with E-state index in [0.29, 0.717) is 0 Å². The van der Waals surface area contributed by atoms with Crippen LogP contribution in [0, 0.1) is 5.41 Å². The number of amides is 1. The molecule has 3 N–H and O–H groups in total. The Hall–Kier alpha value is -0.570. The van der Waals surface area contributed by atoms with Gasteiger partial charge in [0, 0.05) is 0 Å². The molecule has 0 aliphatic carbocycles. The van der Waals surface area contributed by atoms with E-state index >= 15 is 0 Å². The number of nitrogens with one attached hydrogen (secondary N) is 1. The van der Waals surface area contributed by atoms with Crippen molar-refractivity contribution in [1.82, 2.24) is 5.32 Å². The second-order valence-electron chi connectivity index (χ2n) is 4.55. The lowest BCUT2D eigenvalue weighted by Gasteiger charge is -2.39. The highest BCUT2D eigenvalue weighted by Crippen LogP contribution is 2.36. The molecule has 1 fully saturated rings. The first kappa shape index (κ1) is 9.52. The average Bonchev–Trinajstić information content (AvgIpc) is 2.31. The third-order valence-electron chi connectivity index (χ3n) is 2.86. The lowest BCUT2D eigenvalue weighted by Crippen LogP contribution is -2.59. The molecule has 1 aliphatic heterocycles. The number of nitrogens with two attached hydrogens (primary N) is 1. The summed E-state index contributed by atoms with van der Waals surface area (Å²) < 4.78 is 0. The minimum Gasteiger partial charge on any atom is -0.368 e. The molecule has 0 radical (unpaired) electrons. The van der Waals surface area contributed by atoms with Gasteiger partial charge in [0.05, 0.1) is 0 Å². The summed E-state index contributed by atoms with van der Waals surface area (Å²) >= 11 is 0. The van der Waals surface area contributed by atoms with Crippen molar-refractivity contribution in [2.24, 2.45) is 11.1 Å². The Morgan fingerprint density at radius 1 is 1.50 bits per heavy atom. The molecule has 12 heavy (non-hydrogen) atoms. The number of carbonyl (C=O) groups is 1. The van der Waals surface area contributed by atoms with Gasteiger partial charge in [-0.3, -0.25) is 4.79 Å². The SMILES string of the molecule is CC(C)(C)C1(C(N)=O)CCCN1. The number of rotatable bonds is 1. The summed E-state index contributed by atoms with van der Waals surface area (Å²) in [6.45, 7) is 7.06. The van der Waals surface area contributed by atoms with Crippen LogP contribution in [-0.2, 0) is 4.79 Å². The Labute approximate surface area is 73.7 Å². The largest absolute Gasteiger partial charge is 0.368 e.